The maximum Gasteiger partial charge on any atom is 0.158 e. The second kappa shape index (κ2) is 6.51. The lowest BCUT2D eigenvalue weighted by Gasteiger charge is -2.27. The van der Waals surface area contributed by atoms with Crippen LogP contribution in [0, 0.1) is 0 Å². The Morgan fingerprint density at radius 1 is 1.22 bits per heavy atom. The summed E-state index contributed by atoms with van der Waals surface area (Å²) in [5.41, 5.74) is 3.34. The molecule has 6 heteroatoms. The fraction of sp³-hybridized carbons (Fsp3) is 0.667. The summed E-state index contributed by atoms with van der Waals surface area (Å²) in [4.78, 5) is 8.77. The van der Waals surface area contributed by atoms with Crippen molar-refractivity contribution in [2.24, 2.45) is 0 Å². The van der Waals surface area contributed by atoms with Crippen LogP contribution in [0.3, 0.4) is 0 Å². The van der Waals surface area contributed by atoms with Gasteiger partial charge < -0.3 is 15.5 Å². The molecule has 0 bridgehead atoms. The van der Waals surface area contributed by atoms with Crippen LogP contribution in [0.4, 0.5) is 11.6 Å². The first kappa shape index (κ1) is 13.0. The summed E-state index contributed by atoms with van der Waals surface area (Å²) in [6, 6.07) is 1.91. The fourth-order valence-electron chi connectivity index (χ4n) is 2.04. The molecule has 0 aliphatic carbocycles. The lowest BCUT2D eigenvalue weighted by molar-refractivity contribution is 0.178. The van der Waals surface area contributed by atoms with Gasteiger partial charge in [-0.15, -0.1) is 0 Å². The lowest BCUT2D eigenvalue weighted by Crippen LogP contribution is -2.35. The normalized spacial score (nSPS) is 16.6. The van der Waals surface area contributed by atoms with E-state index in [4.69, 9.17) is 4.74 Å². The first-order valence-electron chi connectivity index (χ1n) is 6.38. The maximum atomic E-state index is 5.08. The van der Waals surface area contributed by atoms with E-state index in [0.717, 1.165) is 24.7 Å². The number of aromatic nitrogens is 2. The molecule has 1 saturated heterocycles. The summed E-state index contributed by atoms with van der Waals surface area (Å²) >= 11 is 0. The van der Waals surface area contributed by atoms with Crippen molar-refractivity contribution in [2.45, 2.75) is 25.9 Å². The van der Waals surface area contributed by atoms with Crippen LogP contribution in [0.1, 0.15) is 25.1 Å². The van der Waals surface area contributed by atoms with Crippen molar-refractivity contribution < 1.29 is 4.74 Å². The maximum absolute atomic E-state index is 5.08. The van der Waals surface area contributed by atoms with Gasteiger partial charge in [-0.05, 0) is 12.8 Å². The second-order valence-corrected chi connectivity index (χ2v) is 4.40. The summed E-state index contributed by atoms with van der Waals surface area (Å²) in [6.07, 6.45) is 3.79. The van der Waals surface area contributed by atoms with Gasteiger partial charge in [0.15, 0.2) is 5.82 Å². The van der Waals surface area contributed by atoms with Crippen molar-refractivity contribution in [3.05, 3.63) is 11.9 Å². The predicted molar refractivity (Wildman–Crippen MR) is 71.3 cm³/mol. The highest BCUT2D eigenvalue weighted by Gasteiger charge is 2.11. The van der Waals surface area contributed by atoms with Crippen LogP contribution in [-0.2, 0) is 11.3 Å². The molecular weight excluding hydrogens is 230 g/mol. The van der Waals surface area contributed by atoms with Crippen molar-refractivity contribution in [3.63, 3.8) is 0 Å². The Bertz CT molecular complexity index is 379. The molecule has 1 aromatic heterocycles. The van der Waals surface area contributed by atoms with E-state index in [-0.39, 0.29) is 0 Å². The first-order valence-corrected chi connectivity index (χ1v) is 6.38. The number of hydrogen-bond acceptors (Lipinski definition) is 6. The van der Waals surface area contributed by atoms with Crippen LogP contribution in [0.25, 0.3) is 0 Å². The summed E-state index contributed by atoms with van der Waals surface area (Å²) in [6.45, 7) is 2.56. The van der Waals surface area contributed by atoms with Crippen LogP contribution >= 0.6 is 0 Å². The van der Waals surface area contributed by atoms with Gasteiger partial charge in [0, 0.05) is 33.3 Å². The Hall–Kier alpha value is -1.40. The Balaban J connectivity index is 2.07. The molecule has 1 aliphatic heterocycles. The van der Waals surface area contributed by atoms with Crippen LogP contribution in [-0.4, -0.2) is 42.2 Å². The van der Waals surface area contributed by atoms with Gasteiger partial charge >= 0.3 is 0 Å². The predicted octanol–water partition coefficient (Wildman–Crippen LogP) is 1.48. The van der Waals surface area contributed by atoms with E-state index >= 15 is 0 Å². The number of hydrogen-bond donors (Lipinski definition) is 2. The average Bonchev–Trinajstić information content (AvgIpc) is 2.40. The number of anilines is 2. The molecule has 0 spiro atoms. The third-order valence-corrected chi connectivity index (χ3v) is 2.93. The molecule has 18 heavy (non-hydrogen) atoms. The summed E-state index contributed by atoms with van der Waals surface area (Å²) in [7, 11) is 3.50. The van der Waals surface area contributed by atoms with Crippen LogP contribution in [0.2, 0.25) is 0 Å². The number of ether oxygens (including phenoxy) is 1. The second-order valence-electron chi connectivity index (χ2n) is 4.40. The van der Waals surface area contributed by atoms with Crippen molar-refractivity contribution >= 4 is 11.6 Å². The number of methoxy groups -OCH3 is 1. The largest absolute Gasteiger partial charge is 0.377 e. The highest BCUT2D eigenvalue weighted by atomic mass is 16.5. The zero-order chi connectivity index (χ0) is 12.8. The topological polar surface area (TPSA) is 62.3 Å². The van der Waals surface area contributed by atoms with Gasteiger partial charge in [-0.3, -0.25) is 0 Å². The summed E-state index contributed by atoms with van der Waals surface area (Å²) < 4.78 is 5.08. The molecule has 0 amide bonds. The quantitative estimate of drug-likeness (QED) is 0.826. The van der Waals surface area contributed by atoms with Gasteiger partial charge in [-0.25, -0.2) is 15.0 Å². The lowest BCUT2D eigenvalue weighted by atomic mass is 10.2. The molecule has 1 aliphatic rings. The van der Waals surface area contributed by atoms with Crippen LogP contribution < -0.4 is 10.7 Å². The molecule has 0 aromatic carbocycles. The number of hydrazine groups is 1. The molecular formula is C12H21N5O. The molecule has 0 unspecified atom stereocenters. The van der Waals surface area contributed by atoms with E-state index in [0.29, 0.717) is 12.4 Å². The molecule has 1 fully saturated rings. The monoisotopic (exact) mass is 251 g/mol. The SMILES string of the molecule is CNc1cc(NN2CCCCC2)nc(COC)n1. The standard InChI is InChI=1S/C12H21N5O/c1-13-10-8-11(15-12(14-10)9-18-2)16-17-6-4-3-5-7-17/h8H,3-7,9H2,1-2H3,(H2,13,14,15,16). The molecule has 2 N–H and O–H groups in total. The van der Waals surface area contributed by atoms with E-state index < -0.39 is 0 Å². The third kappa shape index (κ3) is 3.54. The van der Waals surface area contributed by atoms with E-state index in [1.165, 1.54) is 19.3 Å². The van der Waals surface area contributed by atoms with Gasteiger partial charge in [-0.1, -0.05) is 6.42 Å². The molecule has 2 heterocycles. The van der Waals surface area contributed by atoms with E-state index in [9.17, 15) is 0 Å². The number of nitrogens with one attached hydrogen (secondary N) is 2. The minimum atomic E-state index is 0.421. The molecule has 0 saturated carbocycles. The zero-order valence-corrected chi connectivity index (χ0v) is 11.1. The Kier molecular flexibility index (Phi) is 4.72. The zero-order valence-electron chi connectivity index (χ0n) is 11.1. The Morgan fingerprint density at radius 3 is 2.61 bits per heavy atom. The molecule has 0 atom stereocenters. The van der Waals surface area contributed by atoms with Gasteiger partial charge in [-0.2, -0.15) is 0 Å². The van der Waals surface area contributed by atoms with Crippen molar-refractivity contribution in [1.29, 1.82) is 0 Å². The smallest absolute Gasteiger partial charge is 0.158 e. The summed E-state index contributed by atoms with van der Waals surface area (Å²) in [5.74, 6) is 2.31. The van der Waals surface area contributed by atoms with Crippen molar-refractivity contribution in [2.75, 3.05) is 38.0 Å². The van der Waals surface area contributed by atoms with E-state index in [1.54, 1.807) is 7.11 Å². The van der Waals surface area contributed by atoms with Crippen LogP contribution in [0.5, 0.6) is 0 Å². The molecule has 100 valence electrons. The van der Waals surface area contributed by atoms with E-state index in [2.05, 4.69) is 25.7 Å². The third-order valence-electron chi connectivity index (χ3n) is 2.93. The van der Waals surface area contributed by atoms with Gasteiger partial charge in [0.05, 0.1) is 0 Å². The number of piperidine rings is 1. The van der Waals surface area contributed by atoms with Crippen LogP contribution in [0.15, 0.2) is 6.07 Å². The molecule has 1 aromatic rings. The number of rotatable bonds is 5. The van der Waals surface area contributed by atoms with Gasteiger partial charge in [0.1, 0.15) is 18.2 Å². The average molecular weight is 251 g/mol. The fourth-order valence-corrected chi connectivity index (χ4v) is 2.04. The van der Waals surface area contributed by atoms with E-state index in [1.807, 2.05) is 13.1 Å². The summed E-state index contributed by atoms with van der Waals surface area (Å²) in [5, 5.41) is 5.25. The minimum Gasteiger partial charge on any atom is -0.377 e. The highest BCUT2D eigenvalue weighted by molar-refractivity contribution is 5.46. The van der Waals surface area contributed by atoms with Crippen molar-refractivity contribution in [1.82, 2.24) is 15.0 Å². The molecule has 0 radical (unpaired) electrons. The first-order chi connectivity index (χ1) is 8.81. The van der Waals surface area contributed by atoms with Gasteiger partial charge in [0.2, 0.25) is 0 Å². The molecule has 6 nitrogen and oxygen atoms in total. The van der Waals surface area contributed by atoms with Gasteiger partial charge in [0.25, 0.3) is 0 Å². The Labute approximate surface area is 108 Å². The highest BCUT2D eigenvalue weighted by Crippen LogP contribution is 2.15. The van der Waals surface area contributed by atoms with Crippen molar-refractivity contribution in [3.8, 4) is 0 Å². The number of nitrogens with zero attached hydrogens (tertiary/aromatic N) is 3. The minimum absolute atomic E-state index is 0.421. The Morgan fingerprint density at radius 2 is 1.94 bits per heavy atom. The molecule has 2 rings (SSSR count).